The van der Waals surface area contributed by atoms with Crippen molar-refractivity contribution in [1.29, 1.82) is 0 Å². The smallest absolute Gasteiger partial charge is 0.266 e. The van der Waals surface area contributed by atoms with Gasteiger partial charge >= 0.3 is 0 Å². The highest BCUT2D eigenvalue weighted by molar-refractivity contribution is 9.10. The molecule has 1 amide bonds. The van der Waals surface area contributed by atoms with E-state index in [0.717, 1.165) is 15.6 Å². The average molecular weight is 469 g/mol. The summed E-state index contributed by atoms with van der Waals surface area (Å²) in [5, 5.41) is 0.679. The Morgan fingerprint density at radius 2 is 2.08 bits per heavy atom. The van der Waals surface area contributed by atoms with Crippen LogP contribution in [0, 0.1) is 0 Å². The Hall–Kier alpha value is -1.34. The number of rotatable bonds is 5. The third-order valence-electron chi connectivity index (χ3n) is 3.78. The van der Waals surface area contributed by atoms with Crippen LogP contribution in [0.3, 0.4) is 0 Å². The molecule has 7 heteroatoms. The van der Waals surface area contributed by atoms with E-state index in [2.05, 4.69) is 15.9 Å². The van der Waals surface area contributed by atoms with Gasteiger partial charge in [-0.3, -0.25) is 9.69 Å². The van der Waals surface area contributed by atoms with Crippen molar-refractivity contribution in [3.8, 4) is 5.75 Å². The summed E-state index contributed by atoms with van der Waals surface area (Å²) in [5.41, 5.74) is 1.83. The van der Waals surface area contributed by atoms with E-state index in [4.69, 9.17) is 28.6 Å². The maximum absolute atomic E-state index is 12.3. The van der Waals surface area contributed by atoms with Gasteiger partial charge in [0.2, 0.25) is 0 Å². The maximum atomic E-state index is 12.3. The van der Waals surface area contributed by atoms with Crippen molar-refractivity contribution >= 4 is 67.8 Å². The number of carbonyl (C=O) groups is 1. The van der Waals surface area contributed by atoms with Crippen LogP contribution >= 0.6 is 51.5 Å². The van der Waals surface area contributed by atoms with Gasteiger partial charge in [-0.15, -0.1) is 0 Å². The molecule has 0 spiro atoms. The van der Waals surface area contributed by atoms with E-state index in [1.807, 2.05) is 55.5 Å². The number of ether oxygens (including phenoxy) is 1. The Morgan fingerprint density at radius 3 is 2.73 bits per heavy atom. The zero-order chi connectivity index (χ0) is 18.7. The van der Waals surface area contributed by atoms with E-state index in [9.17, 15) is 4.79 Å². The van der Waals surface area contributed by atoms with E-state index < -0.39 is 0 Å². The molecular weight excluding hydrogens is 454 g/mol. The van der Waals surface area contributed by atoms with Gasteiger partial charge in [0.1, 0.15) is 16.7 Å². The Morgan fingerprint density at radius 1 is 1.31 bits per heavy atom. The maximum Gasteiger partial charge on any atom is 0.266 e. The molecule has 0 aliphatic carbocycles. The first kappa shape index (κ1) is 19.4. The first-order valence-corrected chi connectivity index (χ1v) is 10.3. The molecule has 1 saturated heterocycles. The number of hydrogen-bond donors (Lipinski definition) is 0. The largest absolute Gasteiger partial charge is 0.488 e. The van der Waals surface area contributed by atoms with Crippen LogP contribution in [-0.4, -0.2) is 21.7 Å². The molecule has 3 nitrogen and oxygen atoms in total. The van der Waals surface area contributed by atoms with Gasteiger partial charge in [-0.1, -0.05) is 59.8 Å². The van der Waals surface area contributed by atoms with Gasteiger partial charge in [0.05, 0.1) is 9.38 Å². The molecule has 1 aliphatic heterocycles. The fourth-order valence-corrected chi connectivity index (χ4v) is 4.50. The van der Waals surface area contributed by atoms with Crippen molar-refractivity contribution in [2.24, 2.45) is 0 Å². The summed E-state index contributed by atoms with van der Waals surface area (Å²) in [6.07, 6.45) is 1.84. The lowest BCUT2D eigenvalue weighted by Crippen LogP contribution is -2.27. The first-order valence-electron chi connectivity index (χ1n) is 7.90. The molecule has 0 saturated carbocycles. The van der Waals surface area contributed by atoms with Crippen LogP contribution in [0.2, 0.25) is 5.02 Å². The second-order valence-corrected chi connectivity index (χ2v) is 8.43. The summed E-state index contributed by atoms with van der Waals surface area (Å²) >= 11 is 16.2. The van der Waals surface area contributed by atoms with Crippen LogP contribution in [0.25, 0.3) is 6.08 Å². The molecule has 1 heterocycles. The van der Waals surface area contributed by atoms with Crippen molar-refractivity contribution in [1.82, 2.24) is 4.90 Å². The fraction of sp³-hybridized carbons (Fsp3) is 0.158. The number of nitrogens with zero attached hydrogens (tertiary/aromatic N) is 1. The fourth-order valence-electron chi connectivity index (χ4n) is 2.42. The summed E-state index contributed by atoms with van der Waals surface area (Å²) in [6, 6.07) is 13.3. The lowest BCUT2D eigenvalue weighted by molar-refractivity contribution is -0.121. The third kappa shape index (κ3) is 4.31. The van der Waals surface area contributed by atoms with Gasteiger partial charge in [-0.2, -0.15) is 0 Å². The summed E-state index contributed by atoms with van der Waals surface area (Å²) < 4.78 is 7.26. The molecule has 0 radical (unpaired) electrons. The molecule has 0 bridgehead atoms. The van der Waals surface area contributed by atoms with Crippen molar-refractivity contribution in [2.45, 2.75) is 13.5 Å². The number of hydrogen-bond acceptors (Lipinski definition) is 4. The quantitative estimate of drug-likeness (QED) is 0.403. The predicted molar refractivity (Wildman–Crippen MR) is 115 cm³/mol. The third-order valence-corrected chi connectivity index (χ3v) is 6.15. The molecule has 2 aromatic carbocycles. The van der Waals surface area contributed by atoms with Gasteiger partial charge in [0, 0.05) is 17.1 Å². The number of carbonyl (C=O) groups excluding carboxylic acids is 1. The Kier molecular flexibility index (Phi) is 6.40. The number of thioether (sulfide) groups is 1. The highest BCUT2D eigenvalue weighted by Crippen LogP contribution is 2.34. The van der Waals surface area contributed by atoms with E-state index in [-0.39, 0.29) is 5.91 Å². The molecule has 0 atom stereocenters. The standard InChI is InChI=1S/C19H15BrClNO2S2/c1-2-22-18(23)17(26-19(22)25)10-12-7-8-16(14(20)9-12)24-11-13-5-3-4-6-15(13)21/h3-10H,2,11H2,1H3/b17-10-. The Bertz CT molecular complexity index is 901. The summed E-state index contributed by atoms with van der Waals surface area (Å²) in [4.78, 5) is 14.5. The van der Waals surface area contributed by atoms with Crippen molar-refractivity contribution in [2.75, 3.05) is 6.54 Å². The van der Waals surface area contributed by atoms with E-state index in [0.29, 0.717) is 33.1 Å². The zero-order valence-electron chi connectivity index (χ0n) is 13.9. The molecule has 0 aromatic heterocycles. The SMILES string of the molecule is CCN1C(=O)/C(=C/c2ccc(OCc3ccccc3Cl)c(Br)c2)SC1=S. The van der Waals surface area contributed by atoms with Crippen LogP contribution < -0.4 is 4.74 Å². The van der Waals surface area contributed by atoms with Crippen LogP contribution in [0.5, 0.6) is 5.75 Å². The summed E-state index contributed by atoms with van der Waals surface area (Å²) in [6.45, 7) is 2.88. The van der Waals surface area contributed by atoms with Crippen molar-refractivity contribution in [3.63, 3.8) is 0 Å². The van der Waals surface area contributed by atoms with Crippen LogP contribution in [0.1, 0.15) is 18.1 Å². The Balaban J connectivity index is 1.74. The number of amides is 1. The first-order chi connectivity index (χ1) is 12.5. The number of thiocarbonyl (C=S) groups is 1. The number of benzene rings is 2. The van der Waals surface area contributed by atoms with Gasteiger partial charge in [-0.05, 0) is 52.7 Å². The van der Waals surface area contributed by atoms with E-state index in [1.54, 1.807) is 4.90 Å². The predicted octanol–water partition coefficient (Wildman–Crippen LogP) is 5.90. The highest BCUT2D eigenvalue weighted by atomic mass is 79.9. The lowest BCUT2D eigenvalue weighted by atomic mass is 10.2. The minimum absolute atomic E-state index is 0.0438. The summed E-state index contributed by atoms with van der Waals surface area (Å²) in [5.74, 6) is 0.667. The molecule has 0 N–H and O–H groups in total. The summed E-state index contributed by atoms with van der Waals surface area (Å²) in [7, 11) is 0. The average Bonchev–Trinajstić information content (AvgIpc) is 2.88. The molecule has 0 unspecified atom stereocenters. The monoisotopic (exact) mass is 467 g/mol. The normalized spacial score (nSPS) is 15.8. The van der Waals surface area contributed by atoms with E-state index in [1.165, 1.54) is 11.8 Å². The number of halogens is 2. The number of likely N-dealkylation sites (N-methyl/N-ethyl adjacent to an activating group) is 1. The molecule has 2 aromatic rings. The van der Waals surface area contributed by atoms with E-state index >= 15 is 0 Å². The molecular formula is C19H15BrClNO2S2. The molecule has 1 fully saturated rings. The lowest BCUT2D eigenvalue weighted by Gasteiger charge is -2.10. The van der Waals surface area contributed by atoms with Gasteiger partial charge in [0.15, 0.2) is 0 Å². The zero-order valence-corrected chi connectivity index (χ0v) is 17.8. The van der Waals surface area contributed by atoms with Crippen molar-refractivity contribution < 1.29 is 9.53 Å². The van der Waals surface area contributed by atoms with Crippen LogP contribution in [-0.2, 0) is 11.4 Å². The molecule has 1 aliphatic rings. The van der Waals surface area contributed by atoms with Gasteiger partial charge in [0.25, 0.3) is 5.91 Å². The van der Waals surface area contributed by atoms with Crippen LogP contribution in [0.4, 0.5) is 0 Å². The topological polar surface area (TPSA) is 29.5 Å². The van der Waals surface area contributed by atoms with Crippen molar-refractivity contribution in [3.05, 3.63) is 68.0 Å². The minimum atomic E-state index is -0.0438. The second kappa shape index (κ2) is 8.57. The molecule has 134 valence electrons. The van der Waals surface area contributed by atoms with Crippen LogP contribution in [0.15, 0.2) is 51.8 Å². The van der Waals surface area contributed by atoms with Gasteiger partial charge in [-0.25, -0.2) is 0 Å². The molecule has 3 rings (SSSR count). The highest BCUT2D eigenvalue weighted by Gasteiger charge is 2.30. The molecule has 26 heavy (non-hydrogen) atoms. The Labute approximate surface area is 175 Å². The van der Waals surface area contributed by atoms with Gasteiger partial charge < -0.3 is 4.74 Å². The minimum Gasteiger partial charge on any atom is -0.488 e. The second-order valence-electron chi connectivity index (χ2n) is 5.50.